The van der Waals surface area contributed by atoms with Gasteiger partial charge in [0.05, 0.1) is 6.54 Å². The Balaban J connectivity index is 2.37. The molecule has 0 aliphatic heterocycles. The molecular formula is C30H47ClN4O7. The number of carbonyl (C=O) groups is 5. The van der Waals surface area contributed by atoms with Crippen LogP contribution in [0.2, 0.25) is 0 Å². The van der Waals surface area contributed by atoms with Gasteiger partial charge in [-0.1, -0.05) is 59.1 Å². The van der Waals surface area contributed by atoms with Gasteiger partial charge in [0, 0.05) is 26.1 Å². The first-order chi connectivity index (χ1) is 19.9. The van der Waals surface area contributed by atoms with Crippen molar-refractivity contribution in [3.8, 4) is 5.75 Å². The smallest absolute Gasteiger partial charge is 0.407 e. The number of hydrogen-bond acceptors (Lipinski definition) is 7. The van der Waals surface area contributed by atoms with Crippen molar-refractivity contribution in [3.05, 3.63) is 29.8 Å². The number of ether oxygens (including phenoxy) is 2. The van der Waals surface area contributed by atoms with Crippen LogP contribution in [0.1, 0.15) is 65.4 Å². The van der Waals surface area contributed by atoms with E-state index in [9.17, 15) is 24.0 Å². The highest BCUT2D eigenvalue weighted by atomic mass is 35.5. The molecule has 3 N–H and O–H groups in total. The molecule has 12 heteroatoms. The number of benzene rings is 1. The monoisotopic (exact) mass is 610 g/mol. The Kier molecular flexibility index (Phi) is 17.9. The predicted molar refractivity (Wildman–Crippen MR) is 161 cm³/mol. The zero-order valence-electron chi connectivity index (χ0n) is 25.5. The quantitative estimate of drug-likeness (QED) is 0.123. The Morgan fingerprint density at radius 2 is 1.64 bits per heavy atom. The van der Waals surface area contributed by atoms with E-state index in [2.05, 4.69) is 43.6 Å². The normalized spacial score (nSPS) is 12.2. The number of carbonyl (C=O) groups excluding carboxylic acids is 5. The summed E-state index contributed by atoms with van der Waals surface area (Å²) in [5.41, 5.74) is 0.666. The van der Waals surface area contributed by atoms with Crippen LogP contribution >= 0.6 is 11.6 Å². The summed E-state index contributed by atoms with van der Waals surface area (Å²) in [6, 6.07) is 6.35. The van der Waals surface area contributed by atoms with Gasteiger partial charge in [0.2, 0.25) is 17.7 Å². The average Bonchev–Trinajstić information content (AvgIpc) is 2.97. The van der Waals surface area contributed by atoms with Crippen molar-refractivity contribution in [3.63, 3.8) is 0 Å². The first-order valence-corrected chi connectivity index (χ1v) is 15.0. The molecular weight excluding hydrogens is 564 g/mol. The van der Waals surface area contributed by atoms with E-state index in [1.807, 2.05) is 0 Å². The van der Waals surface area contributed by atoms with E-state index < -0.39 is 18.0 Å². The third-order valence-corrected chi connectivity index (χ3v) is 6.95. The van der Waals surface area contributed by atoms with Crippen molar-refractivity contribution in [1.82, 2.24) is 20.9 Å². The largest absolute Gasteiger partial charge is 0.445 e. The van der Waals surface area contributed by atoms with Gasteiger partial charge in [0.1, 0.15) is 24.8 Å². The number of alkyl halides is 1. The maximum atomic E-state index is 12.7. The van der Waals surface area contributed by atoms with Crippen LogP contribution in [0, 0.1) is 17.8 Å². The van der Waals surface area contributed by atoms with Crippen LogP contribution in [0.5, 0.6) is 5.75 Å². The van der Waals surface area contributed by atoms with Gasteiger partial charge in [-0.2, -0.15) is 0 Å². The van der Waals surface area contributed by atoms with Crippen molar-refractivity contribution in [2.45, 2.75) is 66.4 Å². The molecule has 1 aromatic rings. The zero-order chi connectivity index (χ0) is 31.5. The molecule has 0 aromatic heterocycles. The topological polar surface area (TPSA) is 143 Å². The van der Waals surface area contributed by atoms with Crippen LogP contribution in [0.25, 0.3) is 0 Å². The van der Waals surface area contributed by atoms with Gasteiger partial charge < -0.3 is 30.3 Å². The molecule has 236 valence electrons. The van der Waals surface area contributed by atoms with E-state index in [4.69, 9.17) is 21.1 Å². The van der Waals surface area contributed by atoms with Crippen molar-refractivity contribution in [1.29, 1.82) is 0 Å². The first kappa shape index (κ1) is 36.7. The predicted octanol–water partition coefficient (Wildman–Crippen LogP) is 3.63. The Hall–Kier alpha value is -3.34. The van der Waals surface area contributed by atoms with Gasteiger partial charge in [-0.15, -0.1) is 11.6 Å². The lowest BCUT2D eigenvalue weighted by Crippen LogP contribution is -2.42. The molecule has 0 spiro atoms. The van der Waals surface area contributed by atoms with Gasteiger partial charge in [0.25, 0.3) is 0 Å². The third-order valence-electron chi connectivity index (χ3n) is 6.72. The molecule has 0 aliphatic carbocycles. The van der Waals surface area contributed by atoms with E-state index >= 15 is 0 Å². The summed E-state index contributed by atoms with van der Waals surface area (Å²) in [6.45, 7) is 8.49. The number of hydrogen-bond donors (Lipinski definition) is 3. The standard InChI is InChI=1S/C30H47ClN4O7/c1-6-22(4)16-24(9-7-8-21(2)3)29(39)34-18-26(36)33-19-28(38)42-25-12-10-23(11-13-25)20-41-30(40)32-14-15-35(5)27(37)17-31/h10-13,21-22,24H,6-9,14-20H2,1-5H3,(H,32,40)(H,33,36)(H,34,39). The summed E-state index contributed by atoms with van der Waals surface area (Å²) in [5.74, 6) is -0.533. The van der Waals surface area contributed by atoms with Crippen LogP contribution in [0.4, 0.5) is 4.79 Å². The molecule has 2 atom stereocenters. The lowest BCUT2D eigenvalue weighted by atomic mass is 9.88. The van der Waals surface area contributed by atoms with Gasteiger partial charge in [0.15, 0.2) is 0 Å². The van der Waals surface area contributed by atoms with Crippen LogP contribution < -0.4 is 20.7 Å². The summed E-state index contributed by atoms with van der Waals surface area (Å²) < 4.78 is 10.4. The van der Waals surface area contributed by atoms with Crippen molar-refractivity contribution < 1.29 is 33.4 Å². The number of likely N-dealkylation sites (N-methyl/N-ethyl adjacent to an activating group) is 1. The highest BCUT2D eigenvalue weighted by Gasteiger charge is 2.21. The maximum absolute atomic E-state index is 12.7. The number of alkyl carbamates (subject to hydrolysis) is 1. The molecule has 11 nitrogen and oxygen atoms in total. The second-order valence-corrected chi connectivity index (χ2v) is 11.1. The summed E-state index contributed by atoms with van der Waals surface area (Å²) in [7, 11) is 1.58. The Labute approximate surface area is 254 Å². The Morgan fingerprint density at radius 3 is 2.26 bits per heavy atom. The lowest BCUT2D eigenvalue weighted by Gasteiger charge is -2.20. The minimum absolute atomic E-state index is 0.00573. The Bertz CT molecular complexity index is 1000. The molecule has 0 aliphatic rings. The highest BCUT2D eigenvalue weighted by Crippen LogP contribution is 2.22. The number of nitrogens with one attached hydrogen (secondary N) is 3. The number of rotatable bonds is 19. The number of halogens is 1. The zero-order valence-corrected chi connectivity index (χ0v) is 26.3. The van der Waals surface area contributed by atoms with Crippen LogP contribution in [0.15, 0.2) is 24.3 Å². The van der Waals surface area contributed by atoms with Crippen molar-refractivity contribution >= 4 is 41.4 Å². The number of esters is 1. The van der Waals surface area contributed by atoms with Gasteiger partial charge >= 0.3 is 12.1 Å². The number of nitrogens with zero attached hydrogens (tertiary/aromatic N) is 1. The molecule has 2 unspecified atom stereocenters. The molecule has 1 rings (SSSR count). The minimum atomic E-state index is -0.668. The molecule has 0 bridgehead atoms. The summed E-state index contributed by atoms with van der Waals surface area (Å²) in [6.07, 6.45) is 3.94. The fraction of sp³-hybridized carbons (Fsp3) is 0.633. The summed E-state index contributed by atoms with van der Waals surface area (Å²) in [5, 5.41) is 7.71. The van der Waals surface area contributed by atoms with Gasteiger partial charge in [-0.25, -0.2) is 9.59 Å². The van der Waals surface area contributed by atoms with Gasteiger partial charge in [-0.3, -0.25) is 14.4 Å². The molecule has 0 saturated carbocycles. The molecule has 4 amide bonds. The van der Waals surface area contributed by atoms with Crippen LogP contribution in [-0.4, -0.2) is 73.8 Å². The van der Waals surface area contributed by atoms with Crippen LogP contribution in [0.3, 0.4) is 0 Å². The van der Waals surface area contributed by atoms with Gasteiger partial charge in [-0.05, 0) is 42.4 Å². The molecule has 42 heavy (non-hydrogen) atoms. The molecule has 1 aromatic carbocycles. The van der Waals surface area contributed by atoms with Crippen LogP contribution in [-0.2, 0) is 30.5 Å². The van der Waals surface area contributed by atoms with Crippen molar-refractivity contribution in [2.24, 2.45) is 17.8 Å². The Morgan fingerprint density at radius 1 is 0.952 bits per heavy atom. The summed E-state index contributed by atoms with van der Waals surface area (Å²) in [4.78, 5) is 61.7. The maximum Gasteiger partial charge on any atom is 0.407 e. The molecule has 0 heterocycles. The fourth-order valence-electron chi connectivity index (χ4n) is 3.90. The lowest BCUT2D eigenvalue weighted by molar-refractivity contribution is -0.135. The van der Waals surface area contributed by atoms with E-state index in [0.717, 1.165) is 32.1 Å². The summed E-state index contributed by atoms with van der Waals surface area (Å²) >= 11 is 5.48. The number of amides is 4. The van der Waals surface area contributed by atoms with Crippen molar-refractivity contribution in [2.75, 3.05) is 39.1 Å². The van der Waals surface area contributed by atoms with E-state index in [1.54, 1.807) is 31.3 Å². The minimum Gasteiger partial charge on any atom is -0.445 e. The van der Waals surface area contributed by atoms with E-state index in [-0.39, 0.29) is 55.6 Å². The molecule has 0 radical (unpaired) electrons. The highest BCUT2D eigenvalue weighted by molar-refractivity contribution is 6.27. The SMILES string of the molecule is CCC(C)CC(CCCC(C)C)C(=O)NCC(=O)NCC(=O)Oc1ccc(COC(=O)NCCN(C)C(=O)CCl)cc1. The average molecular weight is 611 g/mol. The third kappa shape index (κ3) is 16.2. The molecule has 0 fully saturated rings. The second kappa shape index (κ2) is 20.5. The van der Waals surface area contributed by atoms with E-state index in [0.29, 0.717) is 23.9 Å². The second-order valence-electron chi connectivity index (χ2n) is 10.8. The fourth-order valence-corrected chi connectivity index (χ4v) is 4.10. The van der Waals surface area contributed by atoms with E-state index in [1.165, 1.54) is 4.90 Å². The first-order valence-electron chi connectivity index (χ1n) is 14.5. The molecule has 0 saturated heterocycles.